The summed E-state index contributed by atoms with van der Waals surface area (Å²) in [5, 5.41) is 4.04. The van der Waals surface area contributed by atoms with E-state index in [0.29, 0.717) is 17.7 Å². The Labute approximate surface area is 123 Å². The van der Waals surface area contributed by atoms with Gasteiger partial charge in [0.1, 0.15) is 6.04 Å². The number of rotatable bonds is 4. The lowest BCUT2D eigenvalue weighted by Crippen LogP contribution is -2.25. The molecule has 1 saturated heterocycles. The molecule has 0 saturated carbocycles. The first-order chi connectivity index (χ1) is 10.2. The van der Waals surface area contributed by atoms with Gasteiger partial charge in [-0.2, -0.15) is 9.97 Å². The first-order valence-electron chi connectivity index (χ1n) is 7.16. The van der Waals surface area contributed by atoms with Gasteiger partial charge in [-0.1, -0.05) is 19.0 Å². The molecule has 0 unspecified atom stereocenters. The molecule has 0 aromatic carbocycles. The third-order valence-electron chi connectivity index (χ3n) is 3.60. The van der Waals surface area contributed by atoms with Gasteiger partial charge in [-0.3, -0.25) is 0 Å². The zero-order valence-corrected chi connectivity index (χ0v) is 12.5. The van der Waals surface area contributed by atoms with Gasteiger partial charge in [-0.25, -0.2) is 4.98 Å². The Morgan fingerprint density at radius 1 is 1.38 bits per heavy atom. The Bertz CT molecular complexity index is 613. The van der Waals surface area contributed by atoms with Crippen molar-refractivity contribution in [3.05, 3.63) is 24.0 Å². The van der Waals surface area contributed by atoms with Crippen molar-refractivity contribution >= 4 is 5.95 Å². The van der Waals surface area contributed by atoms with Gasteiger partial charge in [-0.05, 0) is 12.8 Å². The van der Waals surface area contributed by atoms with E-state index in [1.165, 1.54) is 0 Å². The largest absolute Gasteiger partial charge is 0.481 e. The third kappa shape index (κ3) is 2.68. The number of hydrogen-bond acceptors (Lipinski definition) is 7. The molecule has 7 nitrogen and oxygen atoms in total. The van der Waals surface area contributed by atoms with Gasteiger partial charge < -0.3 is 14.2 Å². The predicted molar refractivity (Wildman–Crippen MR) is 76.3 cm³/mol. The van der Waals surface area contributed by atoms with Crippen LogP contribution < -0.4 is 9.64 Å². The Balaban J connectivity index is 1.87. The first kappa shape index (κ1) is 13.8. The topological polar surface area (TPSA) is 77.2 Å². The number of anilines is 1. The highest BCUT2D eigenvalue weighted by atomic mass is 16.5. The molecule has 2 aromatic heterocycles. The fourth-order valence-corrected chi connectivity index (χ4v) is 2.46. The van der Waals surface area contributed by atoms with Crippen molar-refractivity contribution in [2.24, 2.45) is 0 Å². The van der Waals surface area contributed by atoms with Gasteiger partial charge in [0.15, 0.2) is 5.82 Å². The molecule has 1 atom stereocenters. The smallest absolute Gasteiger partial charge is 0.249 e. The van der Waals surface area contributed by atoms with Crippen LogP contribution in [0.3, 0.4) is 0 Å². The van der Waals surface area contributed by atoms with Gasteiger partial charge in [-0.15, -0.1) is 0 Å². The molecule has 2 aromatic rings. The summed E-state index contributed by atoms with van der Waals surface area (Å²) in [4.78, 5) is 15.3. The molecule has 1 aliphatic rings. The maximum absolute atomic E-state index is 5.43. The van der Waals surface area contributed by atoms with Crippen molar-refractivity contribution in [2.45, 2.75) is 38.6 Å². The van der Waals surface area contributed by atoms with E-state index in [9.17, 15) is 0 Å². The maximum Gasteiger partial charge on any atom is 0.249 e. The Hall–Kier alpha value is -2.18. The van der Waals surface area contributed by atoms with Crippen molar-refractivity contribution in [1.29, 1.82) is 0 Å². The fourth-order valence-electron chi connectivity index (χ4n) is 2.46. The lowest BCUT2D eigenvalue weighted by molar-refractivity contribution is 0.348. The van der Waals surface area contributed by atoms with Crippen molar-refractivity contribution in [3.63, 3.8) is 0 Å². The lowest BCUT2D eigenvalue weighted by atomic mass is 10.2. The molecule has 21 heavy (non-hydrogen) atoms. The molecule has 112 valence electrons. The predicted octanol–water partition coefficient (Wildman–Crippen LogP) is 2.33. The summed E-state index contributed by atoms with van der Waals surface area (Å²) in [6.45, 7) is 4.97. The van der Waals surface area contributed by atoms with E-state index < -0.39 is 0 Å². The van der Waals surface area contributed by atoms with E-state index in [-0.39, 0.29) is 12.0 Å². The van der Waals surface area contributed by atoms with E-state index in [1.54, 1.807) is 19.4 Å². The molecule has 0 aliphatic carbocycles. The number of methoxy groups -OCH3 is 1. The van der Waals surface area contributed by atoms with Crippen molar-refractivity contribution in [3.8, 4) is 5.88 Å². The number of nitrogens with zero attached hydrogens (tertiary/aromatic N) is 5. The highest BCUT2D eigenvalue weighted by Crippen LogP contribution is 2.34. The van der Waals surface area contributed by atoms with Crippen LogP contribution in [0.2, 0.25) is 0 Å². The van der Waals surface area contributed by atoms with Gasteiger partial charge in [0.05, 0.1) is 7.11 Å². The molecule has 3 rings (SSSR count). The first-order valence-corrected chi connectivity index (χ1v) is 7.16. The normalized spacial score (nSPS) is 18.5. The van der Waals surface area contributed by atoms with E-state index in [4.69, 9.17) is 9.26 Å². The lowest BCUT2D eigenvalue weighted by Gasteiger charge is -2.21. The van der Waals surface area contributed by atoms with E-state index in [0.717, 1.165) is 25.2 Å². The number of ether oxygens (including phenoxy) is 1. The van der Waals surface area contributed by atoms with Gasteiger partial charge >= 0.3 is 0 Å². The SMILES string of the molecule is COc1ccnc(N2CCC[C@H]2c2nc(C(C)C)no2)n1. The second-order valence-electron chi connectivity index (χ2n) is 5.40. The molecule has 3 heterocycles. The summed E-state index contributed by atoms with van der Waals surface area (Å²) < 4.78 is 10.6. The highest BCUT2D eigenvalue weighted by Gasteiger charge is 2.32. The summed E-state index contributed by atoms with van der Waals surface area (Å²) in [5.74, 6) is 2.83. The molecule has 0 bridgehead atoms. The molecular formula is C14H19N5O2. The van der Waals surface area contributed by atoms with Crippen molar-refractivity contribution < 1.29 is 9.26 Å². The Kier molecular flexibility index (Phi) is 3.72. The monoisotopic (exact) mass is 289 g/mol. The molecule has 0 N–H and O–H groups in total. The van der Waals surface area contributed by atoms with E-state index in [2.05, 4.69) is 25.0 Å². The summed E-state index contributed by atoms with van der Waals surface area (Å²) in [6, 6.07) is 1.77. The molecule has 1 fully saturated rings. The molecule has 0 radical (unpaired) electrons. The summed E-state index contributed by atoms with van der Waals surface area (Å²) >= 11 is 0. The van der Waals surface area contributed by atoms with Crippen molar-refractivity contribution in [1.82, 2.24) is 20.1 Å². The van der Waals surface area contributed by atoms with Crippen LogP contribution in [0.4, 0.5) is 5.95 Å². The van der Waals surface area contributed by atoms with Crippen LogP contribution in [0.5, 0.6) is 5.88 Å². The minimum atomic E-state index is 0.0390. The molecular weight excluding hydrogens is 270 g/mol. The van der Waals surface area contributed by atoms with Crippen LogP contribution in [0.15, 0.2) is 16.8 Å². The average molecular weight is 289 g/mol. The second kappa shape index (κ2) is 5.67. The standard InChI is InChI=1S/C14H19N5O2/c1-9(2)12-17-13(21-18-12)10-5-4-8-19(10)14-15-7-6-11(16-14)20-3/h6-7,9-10H,4-5,8H2,1-3H3/t10-/m0/s1. The summed E-state index contributed by atoms with van der Waals surface area (Å²) in [6.07, 6.45) is 3.70. The molecule has 0 amide bonds. The molecule has 1 aliphatic heterocycles. The molecule has 7 heteroatoms. The quantitative estimate of drug-likeness (QED) is 0.854. The zero-order chi connectivity index (χ0) is 14.8. The fraction of sp³-hybridized carbons (Fsp3) is 0.571. The van der Waals surface area contributed by atoms with Crippen LogP contribution >= 0.6 is 0 Å². The number of aromatic nitrogens is 4. The average Bonchev–Trinajstić information content (AvgIpc) is 3.15. The zero-order valence-electron chi connectivity index (χ0n) is 12.5. The Morgan fingerprint density at radius 2 is 2.24 bits per heavy atom. The van der Waals surface area contributed by atoms with Gasteiger partial charge in [0.25, 0.3) is 0 Å². The van der Waals surface area contributed by atoms with Crippen LogP contribution in [0.25, 0.3) is 0 Å². The van der Waals surface area contributed by atoms with Crippen LogP contribution in [-0.2, 0) is 0 Å². The van der Waals surface area contributed by atoms with E-state index in [1.807, 2.05) is 13.8 Å². The second-order valence-corrected chi connectivity index (χ2v) is 5.40. The minimum Gasteiger partial charge on any atom is -0.481 e. The van der Waals surface area contributed by atoms with Gasteiger partial charge in [0.2, 0.25) is 17.7 Å². The van der Waals surface area contributed by atoms with E-state index >= 15 is 0 Å². The Morgan fingerprint density at radius 3 is 2.95 bits per heavy atom. The highest BCUT2D eigenvalue weighted by molar-refractivity contribution is 5.36. The van der Waals surface area contributed by atoms with Gasteiger partial charge in [0, 0.05) is 24.7 Å². The summed E-state index contributed by atoms with van der Waals surface area (Å²) in [7, 11) is 1.60. The van der Waals surface area contributed by atoms with Crippen LogP contribution in [-0.4, -0.2) is 33.8 Å². The maximum atomic E-state index is 5.43. The summed E-state index contributed by atoms with van der Waals surface area (Å²) in [5.41, 5.74) is 0. The number of hydrogen-bond donors (Lipinski definition) is 0. The van der Waals surface area contributed by atoms with Crippen molar-refractivity contribution in [2.75, 3.05) is 18.6 Å². The molecule has 0 spiro atoms. The minimum absolute atomic E-state index is 0.0390. The van der Waals surface area contributed by atoms with Crippen LogP contribution in [0.1, 0.15) is 50.4 Å². The third-order valence-corrected chi connectivity index (χ3v) is 3.60. The van der Waals surface area contributed by atoms with Crippen LogP contribution in [0, 0.1) is 0 Å².